The molecule has 0 atom stereocenters. The molecule has 0 unspecified atom stereocenters. The molecule has 0 bridgehead atoms. The van der Waals surface area contributed by atoms with E-state index in [0.29, 0.717) is 16.7 Å². The highest BCUT2D eigenvalue weighted by atomic mass is 32.2. The van der Waals surface area contributed by atoms with E-state index in [1.165, 1.54) is 10.7 Å². The number of sulfone groups is 1. The van der Waals surface area contributed by atoms with Crippen molar-refractivity contribution in [2.45, 2.75) is 11.4 Å². The van der Waals surface area contributed by atoms with Crippen molar-refractivity contribution in [3.63, 3.8) is 0 Å². The van der Waals surface area contributed by atoms with Crippen molar-refractivity contribution in [1.82, 2.24) is 14.8 Å². The minimum absolute atomic E-state index is 0.191. The molecule has 2 aromatic heterocycles. The second-order valence-corrected chi connectivity index (χ2v) is 8.90. The third-order valence-electron chi connectivity index (χ3n) is 4.72. The molecule has 30 heavy (non-hydrogen) atoms. The Morgan fingerprint density at radius 2 is 1.63 bits per heavy atom. The molecular formula is C23H19N3O3S. The van der Waals surface area contributed by atoms with Gasteiger partial charge in [0.15, 0.2) is 9.84 Å². The zero-order valence-electron chi connectivity index (χ0n) is 16.3. The van der Waals surface area contributed by atoms with Crippen LogP contribution >= 0.6 is 0 Å². The van der Waals surface area contributed by atoms with Crippen molar-refractivity contribution in [3.05, 3.63) is 101 Å². The van der Waals surface area contributed by atoms with Crippen LogP contribution in [0.5, 0.6) is 0 Å². The van der Waals surface area contributed by atoms with Crippen molar-refractivity contribution >= 4 is 9.84 Å². The molecule has 0 amide bonds. The summed E-state index contributed by atoms with van der Waals surface area (Å²) in [4.78, 5) is 17.9. The summed E-state index contributed by atoms with van der Waals surface area (Å²) in [7, 11) is -3.38. The molecule has 0 aliphatic rings. The Balaban J connectivity index is 1.92. The summed E-state index contributed by atoms with van der Waals surface area (Å²) in [5.74, 6) is 0. The van der Waals surface area contributed by atoms with Crippen molar-refractivity contribution in [3.8, 4) is 22.3 Å². The van der Waals surface area contributed by atoms with Crippen LogP contribution in [0.25, 0.3) is 22.3 Å². The molecule has 0 saturated carbocycles. The fraction of sp³-hybridized carbons (Fsp3) is 0.0870. The van der Waals surface area contributed by atoms with E-state index in [2.05, 4.69) is 10.1 Å². The molecule has 2 heterocycles. The average Bonchev–Trinajstić information content (AvgIpc) is 2.76. The first-order valence-electron chi connectivity index (χ1n) is 9.29. The highest BCUT2D eigenvalue weighted by Gasteiger charge is 2.17. The highest BCUT2D eigenvalue weighted by molar-refractivity contribution is 7.90. The number of pyridine rings is 1. The smallest absolute Gasteiger partial charge is 0.267 e. The van der Waals surface area contributed by atoms with E-state index in [1.54, 1.807) is 30.6 Å². The molecule has 0 N–H and O–H groups in total. The first-order valence-corrected chi connectivity index (χ1v) is 11.2. The van der Waals surface area contributed by atoms with Gasteiger partial charge in [-0.15, -0.1) is 0 Å². The molecular weight excluding hydrogens is 398 g/mol. The summed E-state index contributed by atoms with van der Waals surface area (Å²) in [5, 5.41) is 4.34. The van der Waals surface area contributed by atoms with Crippen molar-refractivity contribution in [2.75, 3.05) is 6.26 Å². The van der Waals surface area contributed by atoms with Gasteiger partial charge in [0.2, 0.25) is 0 Å². The maximum absolute atomic E-state index is 13.4. The Bertz CT molecular complexity index is 1350. The lowest BCUT2D eigenvalue weighted by Gasteiger charge is -2.13. The van der Waals surface area contributed by atoms with Crippen LogP contribution in [0.1, 0.15) is 5.69 Å². The van der Waals surface area contributed by atoms with Crippen LogP contribution in [0.15, 0.2) is 94.9 Å². The number of rotatable bonds is 5. The lowest BCUT2D eigenvalue weighted by Crippen LogP contribution is -2.25. The summed E-state index contributed by atoms with van der Waals surface area (Å²) in [6.07, 6.45) is 4.44. The Labute approximate surface area is 174 Å². The topological polar surface area (TPSA) is 81.9 Å². The maximum atomic E-state index is 13.4. The third kappa shape index (κ3) is 4.06. The second-order valence-electron chi connectivity index (χ2n) is 6.88. The zero-order valence-corrected chi connectivity index (χ0v) is 17.1. The zero-order chi connectivity index (χ0) is 21.1. The monoisotopic (exact) mass is 417 g/mol. The lowest BCUT2D eigenvalue weighted by atomic mass is 9.97. The third-order valence-corrected chi connectivity index (χ3v) is 5.83. The van der Waals surface area contributed by atoms with E-state index in [-0.39, 0.29) is 17.0 Å². The van der Waals surface area contributed by atoms with Gasteiger partial charge in [0.25, 0.3) is 5.56 Å². The van der Waals surface area contributed by atoms with Crippen molar-refractivity contribution < 1.29 is 8.42 Å². The van der Waals surface area contributed by atoms with Crippen LogP contribution in [0.3, 0.4) is 0 Å². The molecule has 0 radical (unpaired) electrons. The predicted molar refractivity (Wildman–Crippen MR) is 116 cm³/mol. The summed E-state index contributed by atoms with van der Waals surface area (Å²) in [6.45, 7) is 0.239. The van der Waals surface area contributed by atoms with E-state index >= 15 is 0 Å². The van der Waals surface area contributed by atoms with Gasteiger partial charge >= 0.3 is 0 Å². The van der Waals surface area contributed by atoms with Gasteiger partial charge in [-0.1, -0.05) is 48.5 Å². The predicted octanol–water partition coefficient (Wildman–Crippen LogP) is 3.42. The minimum Gasteiger partial charge on any atom is -0.267 e. The molecule has 2 aromatic carbocycles. The van der Waals surface area contributed by atoms with Gasteiger partial charge in [0, 0.05) is 18.0 Å². The number of hydrogen-bond acceptors (Lipinski definition) is 5. The molecule has 0 aliphatic heterocycles. The van der Waals surface area contributed by atoms with E-state index in [4.69, 9.17) is 0 Å². The lowest BCUT2D eigenvalue weighted by molar-refractivity contribution is 0.602. The number of benzene rings is 2. The van der Waals surface area contributed by atoms with Crippen LogP contribution in [0.4, 0.5) is 0 Å². The SMILES string of the molecule is CS(=O)(=O)c1cccc(-c2cnn(Cc3ccccn3)c(=O)c2-c2ccccc2)c1. The fourth-order valence-corrected chi connectivity index (χ4v) is 3.91. The van der Waals surface area contributed by atoms with Crippen LogP contribution in [0, 0.1) is 0 Å². The van der Waals surface area contributed by atoms with Gasteiger partial charge in [-0.05, 0) is 35.4 Å². The Hall–Kier alpha value is -3.58. The highest BCUT2D eigenvalue weighted by Crippen LogP contribution is 2.30. The van der Waals surface area contributed by atoms with Gasteiger partial charge in [-0.25, -0.2) is 13.1 Å². The summed E-state index contributed by atoms with van der Waals surface area (Å²) >= 11 is 0. The molecule has 0 saturated heterocycles. The Morgan fingerprint density at radius 1 is 0.900 bits per heavy atom. The first-order chi connectivity index (χ1) is 14.4. The summed E-state index contributed by atoms with van der Waals surface area (Å²) in [5.41, 5.74) is 2.85. The molecule has 7 heteroatoms. The van der Waals surface area contributed by atoms with E-state index in [9.17, 15) is 13.2 Å². The standard InChI is InChI=1S/C23H19N3O3S/c1-30(28,29)20-12-7-10-18(14-20)21-15-25-26(16-19-11-5-6-13-24-19)23(27)22(21)17-8-3-2-4-9-17/h2-15H,16H2,1H3. The first kappa shape index (κ1) is 19.7. The van der Waals surface area contributed by atoms with Gasteiger partial charge in [0.05, 0.1) is 28.9 Å². The van der Waals surface area contributed by atoms with Crippen LogP contribution < -0.4 is 5.56 Å². The second kappa shape index (κ2) is 8.04. The molecule has 0 aliphatic carbocycles. The molecule has 150 valence electrons. The molecule has 0 spiro atoms. The molecule has 4 aromatic rings. The Kier molecular flexibility index (Phi) is 5.29. The van der Waals surface area contributed by atoms with E-state index < -0.39 is 9.84 Å². The summed E-state index contributed by atoms with van der Waals surface area (Å²) < 4.78 is 25.4. The van der Waals surface area contributed by atoms with Gasteiger partial charge < -0.3 is 0 Å². The van der Waals surface area contributed by atoms with Crippen molar-refractivity contribution in [2.24, 2.45) is 0 Å². The largest absolute Gasteiger partial charge is 0.275 e. The van der Waals surface area contributed by atoms with Gasteiger partial charge in [-0.2, -0.15) is 5.10 Å². The number of nitrogens with zero attached hydrogens (tertiary/aromatic N) is 3. The average molecular weight is 417 g/mol. The van der Waals surface area contributed by atoms with Gasteiger partial charge in [0.1, 0.15) is 0 Å². The maximum Gasteiger partial charge on any atom is 0.275 e. The molecule has 0 fully saturated rings. The summed E-state index contributed by atoms with van der Waals surface area (Å²) in [6, 6.07) is 21.4. The van der Waals surface area contributed by atoms with Crippen LogP contribution in [-0.2, 0) is 16.4 Å². The van der Waals surface area contributed by atoms with Gasteiger partial charge in [-0.3, -0.25) is 9.78 Å². The van der Waals surface area contributed by atoms with Crippen molar-refractivity contribution in [1.29, 1.82) is 0 Å². The van der Waals surface area contributed by atoms with Crippen LogP contribution in [-0.4, -0.2) is 29.4 Å². The molecule has 6 nitrogen and oxygen atoms in total. The van der Waals surface area contributed by atoms with Crippen LogP contribution in [0.2, 0.25) is 0 Å². The Morgan fingerprint density at radius 3 is 2.33 bits per heavy atom. The quantitative estimate of drug-likeness (QED) is 0.497. The normalized spacial score (nSPS) is 11.4. The minimum atomic E-state index is -3.38. The number of hydrogen-bond donors (Lipinski definition) is 0. The fourth-order valence-electron chi connectivity index (χ4n) is 3.24. The molecule has 4 rings (SSSR count). The van der Waals surface area contributed by atoms with E-state index in [1.807, 2.05) is 48.5 Å². The van der Waals surface area contributed by atoms with E-state index in [0.717, 1.165) is 17.5 Å². The number of aromatic nitrogens is 3.